The van der Waals surface area contributed by atoms with Crippen LogP contribution in [-0.2, 0) is 14.4 Å². The lowest BCUT2D eigenvalue weighted by Gasteiger charge is -2.26. The van der Waals surface area contributed by atoms with Crippen molar-refractivity contribution in [3.05, 3.63) is 60.2 Å². The summed E-state index contributed by atoms with van der Waals surface area (Å²) in [4.78, 5) is 39.3. The second-order valence-electron chi connectivity index (χ2n) is 7.11. The highest BCUT2D eigenvalue weighted by atomic mass is 16.5. The molecule has 1 N–H and O–H groups in total. The number of rotatable bonds is 7. The van der Waals surface area contributed by atoms with E-state index in [2.05, 4.69) is 0 Å². The van der Waals surface area contributed by atoms with Crippen molar-refractivity contribution in [1.82, 2.24) is 4.90 Å². The number of hydrogen-bond acceptors (Lipinski definition) is 4. The van der Waals surface area contributed by atoms with E-state index in [4.69, 9.17) is 9.84 Å². The Labute approximate surface area is 169 Å². The predicted molar refractivity (Wildman–Crippen MR) is 108 cm³/mol. The maximum atomic E-state index is 12.9. The normalized spacial score (nSPS) is 17.1. The van der Waals surface area contributed by atoms with Crippen molar-refractivity contribution in [2.75, 3.05) is 25.1 Å². The van der Waals surface area contributed by atoms with E-state index in [1.807, 2.05) is 37.3 Å². The smallest absolute Gasteiger partial charge is 0.341 e. The van der Waals surface area contributed by atoms with E-state index >= 15 is 0 Å². The van der Waals surface area contributed by atoms with E-state index in [0.29, 0.717) is 18.0 Å². The second kappa shape index (κ2) is 8.77. The fourth-order valence-electron chi connectivity index (χ4n) is 3.49. The molecule has 0 saturated carbocycles. The average Bonchev–Trinajstić information content (AvgIpc) is 3.13. The summed E-state index contributed by atoms with van der Waals surface area (Å²) in [5.74, 6) is -1.19. The number of carbonyl (C=O) groups is 3. The molecule has 1 aliphatic heterocycles. The van der Waals surface area contributed by atoms with Gasteiger partial charge < -0.3 is 19.6 Å². The number of aliphatic carboxylic acids is 1. The highest BCUT2D eigenvalue weighted by Gasteiger charge is 2.38. The first-order chi connectivity index (χ1) is 13.9. The molecule has 2 aromatic carbocycles. The van der Waals surface area contributed by atoms with Gasteiger partial charge in [0, 0.05) is 25.7 Å². The Balaban J connectivity index is 1.64. The number of nitrogens with zero attached hydrogens (tertiary/aromatic N) is 2. The maximum Gasteiger partial charge on any atom is 0.341 e. The number of carboxylic acids is 1. The highest BCUT2D eigenvalue weighted by molar-refractivity contribution is 5.98. The Hall–Kier alpha value is -3.35. The third-order valence-corrected chi connectivity index (χ3v) is 5.17. The highest BCUT2D eigenvalue weighted by Crippen LogP contribution is 2.30. The van der Waals surface area contributed by atoms with Gasteiger partial charge in [-0.25, -0.2) is 4.79 Å². The number of carbonyl (C=O) groups excluding carboxylic acids is 2. The van der Waals surface area contributed by atoms with Crippen LogP contribution in [-0.4, -0.2) is 48.0 Å². The number of ether oxygens (including phenoxy) is 1. The Morgan fingerprint density at radius 3 is 2.45 bits per heavy atom. The van der Waals surface area contributed by atoms with Crippen molar-refractivity contribution in [3.63, 3.8) is 0 Å². The van der Waals surface area contributed by atoms with Crippen molar-refractivity contribution >= 4 is 23.5 Å². The number of carboxylic acid groups (broad SMARTS) is 1. The molecule has 7 heteroatoms. The van der Waals surface area contributed by atoms with Crippen LogP contribution in [0.15, 0.2) is 54.6 Å². The van der Waals surface area contributed by atoms with E-state index in [1.165, 1.54) is 4.90 Å². The first-order valence-electron chi connectivity index (χ1n) is 9.43. The van der Waals surface area contributed by atoms with Gasteiger partial charge in [0.05, 0.1) is 12.0 Å². The third-order valence-electron chi connectivity index (χ3n) is 5.17. The molecule has 7 nitrogen and oxygen atoms in total. The second-order valence-corrected chi connectivity index (χ2v) is 7.11. The van der Waals surface area contributed by atoms with E-state index in [-0.39, 0.29) is 24.3 Å². The molecule has 0 bridgehead atoms. The monoisotopic (exact) mass is 396 g/mol. The quantitative estimate of drug-likeness (QED) is 0.778. The molecule has 0 aliphatic carbocycles. The minimum Gasteiger partial charge on any atom is -0.482 e. The van der Waals surface area contributed by atoms with Gasteiger partial charge in [0.15, 0.2) is 6.61 Å². The minimum absolute atomic E-state index is 0.0227. The van der Waals surface area contributed by atoms with Gasteiger partial charge in [0.1, 0.15) is 5.75 Å². The Morgan fingerprint density at radius 1 is 1.17 bits per heavy atom. The van der Waals surface area contributed by atoms with Crippen LogP contribution in [0.25, 0.3) is 0 Å². The number of hydrogen-bond donors (Lipinski definition) is 1. The summed E-state index contributed by atoms with van der Waals surface area (Å²) < 4.78 is 5.10. The molecule has 1 heterocycles. The fraction of sp³-hybridized carbons (Fsp3) is 0.318. The molecule has 2 unspecified atom stereocenters. The Morgan fingerprint density at radius 2 is 1.83 bits per heavy atom. The number of benzene rings is 2. The minimum atomic E-state index is -1.05. The molecule has 0 radical (unpaired) electrons. The molecule has 152 valence electrons. The van der Waals surface area contributed by atoms with Gasteiger partial charge >= 0.3 is 5.97 Å². The summed E-state index contributed by atoms with van der Waals surface area (Å²) in [6.45, 7) is 1.94. The van der Waals surface area contributed by atoms with Crippen LogP contribution < -0.4 is 9.64 Å². The van der Waals surface area contributed by atoms with Gasteiger partial charge in [-0.15, -0.1) is 0 Å². The van der Waals surface area contributed by atoms with E-state index in [9.17, 15) is 14.4 Å². The molecule has 2 atom stereocenters. The molecule has 0 aromatic heterocycles. The van der Waals surface area contributed by atoms with Gasteiger partial charge in [-0.2, -0.15) is 0 Å². The zero-order chi connectivity index (χ0) is 21.0. The van der Waals surface area contributed by atoms with E-state index in [1.54, 1.807) is 36.2 Å². The number of likely N-dealkylation sites (tertiary alicyclic amines) is 1. The van der Waals surface area contributed by atoms with Crippen LogP contribution in [0.4, 0.5) is 5.69 Å². The summed E-state index contributed by atoms with van der Waals surface area (Å²) in [7, 11) is 1.67. The number of amides is 2. The summed E-state index contributed by atoms with van der Waals surface area (Å²) in [5, 5.41) is 8.66. The lowest BCUT2D eigenvalue weighted by molar-refractivity contribution is -0.139. The molecule has 29 heavy (non-hydrogen) atoms. The van der Waals surface area contributed by atoms with E-state index in [0.717, 1.165) is 5.56 Å². The molecule has 3 rings (SSSR count). The van der Waals surface area contributed by atoms with Crippen LogP contribution in [0.1, 0.15) is 24.9 Å². The molecule has 0 spiro atoms. The van der Waals surface area contributed by atoms with Gasteiger partial charge in [-0.05, 0) is 36.8 Å². The summed E-state index contributed by atoms with van der Waals surface area (Å²) >= 11 is 0. The molecule has 2 aromatic rings. The van der Waals surface area contributed by atoms with Crippen molar-refractivity contribution in [1.29, 1.82) is 0 Å². The zero-order valence-corrected chi connectivity index (χ0v) is 16.4. The topological polar surface area (TPSA) is 87.2 Å². The Kier molecular flexibility index (Phi) is 6.16. The lowest BCUT2D eigenvalue weighted by atomic mass is 10.1. The van der Waals surface area contributed by atoms with Crippen LogP contribution in [0.5, 0.6) is 5.75 Å². The van der Waals surface area contributed by atoms with Crippen molar-refractivity contribution in [2.45, 2.75) is 19.4 Å². The maximum absolute atomic E-state index is 12.9. The number of anilines is 1. The SMILES string of the molecule is CC(c1ccccc1)N1CC(C(=O)N(C)c2ccc(OCC(=O)O)cc2)CC1=O. The van der Waals surface area contributed by atoms with Crippen LogP contribution >= 0.6 is 0 Å². The zero-order valence-electron chi connectivity index (χ0n) is 16.4. The standard InChI is InChI=1S/C22H24N2O5/c1-15(16-6-4-3-5-7-16)24-13-17(12-20(24)25)22(28)23(2)18-8-10-19(11-9-18)29-14-21(26)27/h3-11,15,17H,12-14H2,1-2H3,(H,26,27). The van der Waals surface area contributed by atoms with E-state index < -0.39 is 18.5 Å². The molecule has 2 amide bonds. The molecular weight excluding hydrogens is 372 g/mol. The lowest BCUT2D eigenvalue weighted by Crippen LogP contribution is -2.35. The summed E-state index contributed by atoms with van der Waals surface area (Å²) in [6.07, 6.45) is 0.195. The van der Waals surface area contributed by atoms with Crippen LogP contribution in [0, 0.1) is 5.92 Å². The molecular formula is C22H24N2O5. The van der Waals surface area contributed by atoms with Gasteiger partial charge in [0.2, 0.25) is 11.8 Å². The van der Waals surface area contributed by atoms with Gasteiger partial charge in [-0.3, -0.25) is 9.59 Å². The molecule has 1 aliphatic rings. The molecule has 1 fully saturated rings. The largest absolute Gasteiger partial charge is 0.482 e. The Bertz CT molecular complexity index is 882. The molecule has 1 saturated heterocycles. The first-order valence-corrected chi connectivity index (χ1v) is 9.43. The third kappa shape index (κ3) is 4.74. The van der Waals surface area contributed by atoms with Crippen molar-refractivity contribution < 1.29 is 24.2 Å². The van der Waals surface area contributed by atoms with Gasteiger partial charge in [0.25, 0.3) is 0 Å². The van der Waals surface area contributed by atoms with Crippen molar-refractivity contribution in [2.24, 2.45) is 5.92 Å². The average molecular weight is 396 g/mol. The first kappa shape index (κ1) is 20.4. The summed E-state index contributed by atoms with van der Waals surface area (Å²) in [5.41, 5.74) is 1.69. The fourth-order valence-corrected chi connectivity index (χ4v) is 3.49. The van der Waals surface area contributed by atoms with Crippen LogP contribution in [0.2, 0.25) is 0 Å². The summed E-state index contributed by atoms with van der Waals surface area (Å²) in [6, 6.07) is 16.3. The predicted octanol–water partition coefficient (Wildman–Crippen LogP) is 2.72. The van der Waals surface area contributed by atoms with Gasteiger partial charge in [-0.1, -0.05) is 30.3 Å². The van der Waals surface area contributed by atoms with Crippen LogP contribution in [0.3, 0.4) is 0 Å². The van der Waals surface area contributed by atoms with Crippen molar-refractivity contribution in [3.8, 4) is 5.75 Å².